The fourth-order valence-corrected chi connectivity index (χ4v) is 0.283. The van der Waals surface area contributed by atoms with E-state index in [0.717, 1.165) is 4.20 Å². The monoisotopic (exact) mass is 401 g/mol. The number of rotatable bonds is 0. The lowest BCUT2D eigenvalue weighted by Crippen LogP contribution is -2.02. The van der Waals surface area contributed by atoms with Crippen molar-refractivity contribution in [3.8, 4) is 0 Å². The second-order valence-electron chi connectivity index (χ2n) is 2.28. The van der Waals surface area contributed by atoms with Crippen molar-refractivity contribution in [2.24, 2.45) is 0 Å². The molecule has 0 fully saturated rings. The van der Waals surface area contributed by atoms with Gasteiger partial charge >= 0.3 is 21.8 Å². The summed E-state index contributed by atoms with van der Waals surface area (Å²) in [6, 6.07) is 0. The van der Waals surface area contributed by atoms with Crippen LogP contribution in [0.2, 0.25) is 0 Å². The molecule has 0 radical (unpaired) electrons. The third-order valence-corrected chi connectivity index (χ3v) is 0.574. The minimum absolute atomic E-state index is 0. The lowest BCUT2D eigenvalue weighted by Gasteiger charge is -1.94. The molecule has 0 N–H and O–H groups in total. The van der Waals surface area contributed by atoms with E-state index in [1.54, 1.807) is 6.20 Å². The molecule has 22 heavy (non-hydrogen) atoms. The first kappa shape index (κ1) is 29.3. The SMILES string of the molecule is Cln1ccnn1.F[B-](F)(F)F.F[B-](F)(F)F.F[B-](F)(F)F.[PH6+3]. The molecule has 0 unspecified atom stereocenters. The first-order chi connectivity index (χ1) is 8.89. The van der Waals surface area contributed by atoms with Gasteiger partial charge in [0.05, 0.1) is 12.4 Å². The smallest absolute Gasteiger partial charge is 0.418 e. The maximum Gasteiger partial charge on any atom is 0.673 e. The van der Waals surface area contributed by atoms with E-state index in [1.807, 2.05) is 0 Å². The molecule has 0 saturated heterocycles. The molecule has 0 aromatic carbocycles. The molecule has 0 bridgehead atoms. The van der Waals surface area contributed by atoms with Crippen LogP contribution in [-0.4, -0.2) is 36.3 Å². The summed E-state index contributed by atoms with van der Waals surface area (Å²) in [4.78, 5) is 0. The molecule has 0 saturated carbocycles. The Morgan fingerprint density at radius 2 is 0.909 bits per heavy atom. The van der Waals surface area contributed by atoms with Crippen LogP contribution in [0.4, 0.5) is 51.8 Å². The molecule has 1 aromatic heterocycles. The molecule has 0 atom stereocenters. The van der Waals surface area contributed by atoms with Crippen molar-refractivity contribution in [2.45, 2.75) is 0 Å². The number of halogens is 13. The van der Waals surface area contributed by atoms with E-state index in [9.17, 15) is 51.8 Å². The Morgan fingerprint density at radius 1 is 0.682 bits per heavy atom. The standard InChI is InChI=1S/C2H2ClN3.3BF4.H6P/c3-6-2-1-4-5-6;3*2-1(3,4)5;/h1-2H;;;;1H6/q;3*-1;+3. The van der Waals surface area contributed by atoms with Crippen molar-refractivity contribution in [1.82, 2.24) is 14.5 Å². The summed E-state index contributed by atoms with van der Waals surface area (Å²) in [6.07, 6.45) is 3.05. The molecule has 20 heteroatoms. The third kappa shape index (κ3) is 165. The predicted molar refractivity (Wildman–Crippen MR) is 67.1 cm³/mol. The number of hydrogen-bond acceptors (Lipinski definition) is 2. The number of aromatic nitrogens is 3. The molecule has 0 aliphatic heterocycles. The van der Waals surface area contributed by atoms with Gasteiger partial charge in [0.2, 0.25) is 0 Å². The molecule has 1 aromatic rings. The van der Waals surface area contributed by atoms with Crippen LogP contribution in [0.15, 0.2) is 12.4 Å². The van der Waals surface area contributed by atoms with Gasteiger partial charge < -0.3 is 51.8 Å². The van der Waals surface area contributed by atoms with Crippen LogP contribution in [0, 0.1) is 0 Å². The molecule has 0 spiro atoms. The Labute approximate surface area is 123 Å². The molecule has 0 aliphatic carbocycles. The topological polar surface area (TPSA) is 30.7 Å². The van der Waals surface area contributed by atoms with Gasteiger partial charge in [-0.1, -0.05) is 5.21 Å². The molecule has 3 nitrogen and oxygen atoms in total. The maximum absolute atomic E-state index is 9.75. The highest BCUT2D eigenvalue weighted by atomic mass is 35.5. The zero-order valence-corrected chi connectivity index (χ0v) is 9.90. The molecule has 1 rings (SSSR count). The third-order valence-electron chi connectivity index (χ3n) is 0.393. The van der Waals surface area contributed by atoms with Crippen LogP contribution in [0.1, 0.15) is 0 Å². The molecular weight excluding hydrogens is 393 g/mol. The normalized spacial score (nSPS) is 10.6. The quantitative estimate of drug-likeness (QED) is 0.379. The van der Waals surface area contributed by atoms with E-state index >= 15 is 0 Å². The van der Waals surface area contributed by atoms with Gasteiger partial charge in [-0.25, -0.2) is 0 Å². The van der Waals surface area contributed by atoms with Crippen molar-refractivity contribution >= 4 is 43.4 Å². The number of nitrogens with zero attached hydrogens (tertiary/aromatic N) is 3. The zero-order chi connectivity index (χ0) is 17.9. The highest BCUT2D eigenvalue weighted by molar-refractivity contribution is 6.92. The summed E-state index contributed by atoms with van der Waals surface area (Å²) in [7, 11) is -18.0. The Hall–Kier alpha value is -0.785. The van der Waals surface area contributed by atoms with Gasteiger partial charge in [-0.2, -0.15) is 4.20 Å². The Bertz CT molecular complexity index is 290. The van der Waals surface area contributed by atoms with Crippen molar-refractivity contribution in [3.05, 3.63) is 12.4 Å². The molecule has 136 valence electrons. The van der Waals surface area contributed by atoms with Crippen LogP contribution >= 0.6 is 21.7 Å². The average Bonchev–Trinajstić information content (AvgIpc) is 2.44. The fourth-order valence-electron chi connectivity index (χ4n) is 0.194. The molecule has 0 amide bonds. The van der Waals surface area contributed by atoms with Crippen molar-refractivity contribution < 1.29 is 51.8 Å². The number of hydrogen-bond donors (Lipinski definition) is 0. The van der Waals surface area contributed by atoms with Gasteiger partial charge in [0.15, 0.2) is 0 Å². The second-order valence-corrected chi connectivity index (χ2v) is 2.62. The second kappa shape index (κ2) is 12.7. The van der Waals surface area contributed by atoms with Gasteiger partial charge in [-0.3, -0.25) is 9.90 Å². The van der Waals surface area contributed by atoms with Crippen LogP contribution in [0.5, 0.6) is 0 Å². The van der Waals surface area contributed by atoms with Gasteiger partial charge in [0.25, 0.3) is 0 Å². The van der Waals surface area contributed by atoms with Crippen LogP contribution in [0.3, 0.4) is 0 Å². The molecular formula is C2H8B3ClF12N3P. The highest BCUT2D eigenvalue weighted by Crippen LogP contribution is 2.07. The zero-order valence-electron chi connectivity index (χ0n) is 9.14. The average molecular weight is 401 g/mol. The summed E-state index contributed by atoms with van der Waals surface area (Å²) in [6.45, 7) is 0. The molecule has 1 heterocycles. The van der Waals surface area contributed by atoms with Crippen molar-refractivity contribution in [2.75, 3.05) is 0 Å². The highest BCUT2D eigenvalue weighted by Gasteiger charge is 2.21. The van der Waals surface area contributed by atoms with Crippen LogP contribution in [0.25, 0.3) is 0 Å². The van der Waals surface area contributed by atoms with E-state index < -0.39 is 21.8 Å². The Kier molecular flexibility index (Phi) is 16.9. The Balaban J connectivity index is -0.0000000973. The lowest BCUT2D eigenvalue weighted by atomic mass is 10.3. The van der Waals surface area contributed by atoms with Crippen LogP contribution < -0.4 is 0 Å². The van der Waals surface area contributed by atoms with E-state index in [0.29, 0.717) is 0 Å². The van der Waals surface area contributed by atoms with E-state index in [1.165, 1.54) is 6.20 Å². The fraction of sp³-hybridized carbons (Fsp3) is 0. The summed E-state index contributed by atoms with van der Waals surface area (Å²) < 4.78 is 118. The summed E-state index contributed by atoms with van der Waals surface area (Å²) >= 11 is 5.20. The maximum atomic E-state index is 9.75. The van der Waals surface area contributed by atoms with Gasteiger partial charge in [-0.15, -0.1) is 5.10 Å². The summed E-state index contributed by atoms with van der Waals surface area (Å²) in [5, 5.41) is 6.75. The first-order valence-electron chi connectivity index (χ1n) is 4.04. The molecule has 0 aliphatic rings. The Morgan fingerprint density at radius 3 is 0.955 bits per heavy atom. The minimum Gasteiger partial charge on any atom is -0.418 e. The first-order valence-corrected chi connectivity index (χ1v) is 4.38. The largest absolute Gasteiger partial charge is 0.673 e. The lowest BCUT2D eigenvalue weighted by molar-refractivity contribution is 0.366. The minimum atomic E-state index is -6.00. The summed E-state index contributed by atoms with van der Waals surface area (Å²) in [5.41, 5.74) is 0. The van der Waals surface area contributed by atoms with E-state index in [2.05, 4.69) is 10.3 Å². The van der Waals surface area contributed by atoms with Crippen LogP contribution in [-0.2, 0) is 0 Å². The van der Waals surface area contributed by atoms with Gasteiger partial charge in [0, 0.05) is 11.8 Å². The van der Waals surface area contributed by atoms with E-state index in [-0.39, 0.29) is 9.90 Å². The van der Waals surface area contributed by atoms with Gasteiger partial charge in [-0.05, 0) is 0 Å². The summed E-state index contributed by atoms with van der Waals surface area (Å²) in [5.74, 6) is 0. The van der Waals surface area contributed by atoms with E-state index in [4.69, 9.17) is 11.8 Å². The van der Waals surface area contributed by atoms with Gasteiger partial charge in [0.1, 0.15) is 0 Å². The predicted octanol–water partition coefficient (Wildman–Crippen LogP) is 3.44. The van der Waals surface area contributed by atoms with Crippen molar-refractivity contribution in [3.63, 3.8) is 0 Å². The van der Waals surface area contributed by atoms with Crippen molar-refractivity contribution in [1.29, 1.82) is 0 Å².